The fourth-order valence-electron chi connectivity index (χ4n) is 1.79. The van der Waals surface area contributed by atoms with E-state index in [4.69, 9.17) is 9.47 Å². The summed E-state index contributed by atoms with van der Waals surface area (Å²) in [6, 6.07) is 6.27. The second-order valence-corrected chi connectivity index (χ2v) is 3.95. The van der Waals surface area contributed by atoms with E-state index in [0.29, 0.717) is 22.6 Å². The lowest BCUT2D eigenvalue weighted by molar-refractivity contribution is 0.218. The number of aliphatic hydroxyl groups is 1. The smallest absolute Gasteiger partial charge is 0.161 e. The standard InChI is InChI=1S/C14H14FNO3/c1-18-12-4-3-9(6-13(12)19-2)14(17)10-5-11(15)8-16-7-10/h3-8,14,17H,1-2H3. The number of methoxy groups -OCH3 is 2. The minimum atomic E-state index is -0.969. The van der Waals surface area contributed by atoms with Gasteiger partial charge in [-0.1, -0.05) is 6.07 Å². The third kappa shape index (κ3) is 2.82. The molecule has 0 saturated heterocycles. The second kappa shape index (κ2) is 5.67. The molecule has 0 aliphatic carbocycles. The Labute approximate surface area is 110 Å². The molecule has 0 saturated carbocycles. The number of benzene rings is 1. The second-order valence-electron chi connectivity index (χ2n) is 3.95. The highest BCUT2D eigenvalue weighted by atomic mass is 19.1. The third-order valence-electron chi connectivity index (χ3n) is 2.77. The molecule has 0 aliphatic heterocycles. The summed E-state index contributed by atoms with van der Waals surface area (Å²) in [6.07, 6.45) is 1.54. The van der Waals surface area contributed by atoms with E-state index >= 15 is 0 Å². The number of halogens is 1. The van der Waals surface area contributed by atoms with E-state index in [-0.39, 0.29) is 0 Å². The van der Waals surface area contributed by atoms with Crippen molar-refractivity contribution in [2.24, 2.45) is 0 Å². The van der Waals surface area contributed by atoms with Gasteiger partial charge in [-0.25, -0.2) is 4.39 Å². The first-order chi connectivity index (χ1) is 9.15. The number of hydrogen-bond acceptors (Lipinski definition) is 4. The fraction of sp³-hybridized carbons (Fsp3) is 0.214. The van der Waals surface area contributed by atoms with Gasteiger partial charge < -0.3 is 14.6 Å². The Hall–Kier alpha value is -2.14. The van der Waals surface area contributed by atoms with E-state index < -0.39 is 11.9 Å². The van der Waals surface area contributed by atoms with Crippen LogP contribution in [0.25, 0.3) is 0 Å². The molecule has 0 spiro atoms. The lowest BCUT2D eigenvalue weighted by Gasteiger charge is -2.14. The summed E-state index contributed by atoms with van der Waals surface area (Å²) in [4.78, 5) is 3.72. The van der Waals surface area contributed by atoms with Gasteiger partial charge in [0.25, 0.3) is 0 Å². The summed E-state index contributed by atoms with van der Waals surface area (Å²) in [6.45, 7) is 0. The molecule has 2 aromatic rings. The van der Waals surface area contributed by atoms with Gasteiger partial charge in [0, 0.05) is 11.8 Å². The van der Waals surface area contributed by atoms with Crippen LogP contribution in [0, 0.1) is 5.82 Å². The van der Waals surface area contributed by atoms with E-state index in [1.807, 2.05) is 0 Å². The van der Waals surface area contributed by atoms with Crippen LogP contribution in [0.5, 0.6) is 11.5 Å². The zero-order valence-electron chi connectivity index (χ0n) is 10.6. The SMILES string of the molecule is COc1ccc(C(O)c2cncc(F)c2)cc1OC. The Balaban J connectivity index is 2.36. The van der Waals surface area contributed by atoms with Crippen molar-refractivity contribution in [2.75, 3.05) is 14.2 Å². The van der Waals surface area contributed by atoms with Crippen molar-refractivity contribution < 1.29 is 19.0 Å². The summed E-state index contributed by atoms with van der Waals surface area (Å²) in [5, 5.41) is 10.2. The number of pyridine rings is 1. The molecule has 1 unspecified atom stereocenters. The molecule has 1 heterocycles. The van der Waals surface area contributed by atoms with Crippen LogP contribution in [0.3, 0.4) is 0 Å². The van der Waals surface area contributed by atoms with Crippen molar-refractivity contribution in [3.8, 4) is 11.5 Å². The van der Waals surface area contributed by atoms with Crippen molar-refractivity contribution in [3.05, 3.63) is 53.6 Å². The minimum Gasteiger partial charge on any atom is -0.493 e. The van der Waals surface area contributed by atoms with E-state index in [0.717, 1.165) is 6.20 Å². The Morgan fingerprint density at radius 3 is 2.42 bits per heavy atom. The van der Waals surface area contributed by atoms with Gasteiger partial charge in [-0.05, 0) is 23.8 Å². The highest BCUT2D eigenvalue weighted by Crippen LogP contribution is 2.32. The van der Waals surface area contributed by atoms with Gasteiger partial charge in [0.1, 0.15) is 11.9 Å². The van der Waals surface area contributed by atoms with Gasteiger partial charge >= 0.3 is 0 Å². The number of hydrogen-bond donors (Lipinski definition) is 1. The molecule has 0 bridgehead atoms. The molecular formula is C14H14FNO3. The predicted molar refractivity (Wildman–Crippen MR) is 67.8 cm³/mol. The first-order valence-electron chi connectivity index (χ1n) is 5.66. The van der Waals surface area contributed by atoms with Crippen LogP contribution >= 0.6 is 0 Å². The first-order valence-corrected chi connectivity index (χ1v) is 5.66. The number of rotatable bonds is 4. The largest absolute Gasteiger partial charge is 0.493 e. The van der Waals surface area contributed by atoms with Gasteiger partial charge in [0.05, 0.1) is 20.4 Å². The molecule has 100 valence electrons. The maximum absolute atomic E-state index is 13.1. The van der Waals surface area contributed by atoms with Crippen molar-refractivity contribution in [1.82, 2.24) is 4.98 Å². The van der Waals surface area contributed by atoms with Gasteiger partial charge in [0.15, 0.2) is 11.5 Å². The van der Waals surface area contributed by atoms with E-state index in [9.17, 15) is 9.50 Å². The van der Waals surface area contributed by atoms with Crippen LogP contribution in [0.4, 0.5) is 4.39 Å². The van der Waals surface area contributed by atoms with Crippen molar-refractivity contribution in [3.63, 3.8) is 0 Å². The molecule has 0 radical (unpaired) electrons. The summed E-state index contributed by atoms with van der Waals surface area (Å²) in [5.41, 5.74) is 0.956. The zero-order valence-corrected chi connectivity index (χ0v) is 10.6. The van der Waals surface area contributed by atoms with Crippen LogP contribution in [0.15, 0.2) is 36.7 Å². The maximum Gasteiger partial charge on any atom is 0.161 e. The molecule has 1 atom stereocenters. The lowest BCUT2D eigenvalue weighted by atomic mass is 10.0. The van der Waals surface area contributed by atoms with Gasteiger partial charge in [-0.2, -0.15) is 0 Å². The van der Waals surface area contributed by atoms with Crippen molar-refractivity contribution in [2.45, 2.75) is 6.10 Å². The molecule has 1 aromatic carbocycles. The monoisotopic (exact) mass is 263 g/mol. The van der Waals surface area contributed by atoms with Gasteiger partial charge in [-0.15, -0.1) is 0 Å². The molecule has 0 fully saturated rings. The molecule has 1 N–H and O–H groups in total. The number of nitrogens with zero attached hydrogens (tertiary/aromatic N) is 1. The van der Waals surface area contributed by atoms with Crippen LogP contribution < -0.4 is 9.47 Å². The van der Waals surface area contributed by atoms with Crippen LogP contribution in [-0.4, -0.2) is 24.3 Å². The highest BCUT2D eigenvalue weighted by molar-refractivity contribution is 5.45. The molecule has 0 aliphatic rings. The van der Waals surface area contributed by atoms with Gasteiger partial charge in [-0.3, -0.25) is 4.98 Å². The summed E-state index contributed by atoms with van der Waals surface area (Å²) < 4.78 is 23.4. The molecule has 0 amide bonds. The molecule has 4 nitrogen and oxygen atoms in total. The minimum absolute atomic E-state index is 0.382. The summed E-state index contributed by atoms with van der Waals surface area (Å²) in [7, 11) is 3.04. The number of aliphatic hydroxyl groups excluding tert-OH is 1. The van der Waals surface area contributed by atoms with E-state index in [1.54, 1.807) is 18.2 Å². The average Bonchev–Trinajstić information content (AvgIpc) is 2.45. The molecule has 2 rings (SSSR count). The lowest BCUT2D eigenvalue weighted by Crippen LogP contribution is -2.02. The summed E-state index contributed by atoms with van der Waals surface area (Å²) in [5.74, 6) is 0.580. The molecule has 1 aromatic heterocycles. The number of aromatic nitrogens is 1. The first kappa shape index (κ1) is 13.3. The summed E-state index contributed by atoms with van der Waals surface area (Å²) >= 11 is 0. The Bertz CT molecular complexity index is 574. The van der Waals surface area contributed by atoms with E-state index in [1.165, 1.54) is 26.5 Å². The fourth-order valence-corrected chi connectivity index (χ4v) is 1.79. The van der Waals surface area contributed by atoms with Crippen molar-refractivity contribution in [1.29, 1.82) is 0 Å². The predicted octanol–water partition coefficient (Wildman–Crippen LogP) is 2.32. The maximum atomic E-state index is 13.1. The Morgan fingerprint density at radius 2 is 1.79 bits per heavy atom. The number of ether oxygens (including phenoxy) is 2. The quantitative estimate of drug-likeness (QED) is 0.919. The zero-order chi connectivity index (χ0) is 13.8. The molecule has 19 heavy (non-hydrogen) atoms. The van der Waals surface area contributed by atoms with Gasteiger partial charge in [0.2, 0.25) is 0 Å². The third-order valence-corrected chi connectivity index (χ3v) is 2.77. The Kier molecular flexibility index (Phi) is 3.97. The Morgan fingerprint density at radius 1 is 1.05 bits per heavy atom. The molecule has 5 heteroatoms. The molecular weight excluding hydrogens is 249 g/mol. The highest BCUT2D eigenvalue weighted by Gasteiger charge is 2.14. The van der Waals surface area contributed by atoms with Crippen molar-refractivity contribution >= 4 is 0 Å². The average molecular weight is 263 g/mol. The van der Waals surface area contributed by atoms with Crippen LogP contribution in [0.2, 0.25) is 0 Å². The topological polar surface area (TPSA) is 51.6 Å². The normalized spacial score (nSPS) is 12.0. The van der Waals surface area contributed by atoms with Crippen LogP contribution in [-0.2, 0) is 0 Å². The van der Waals surface area contributed by atoms with Crippen LogP contribution in [0.1, 0.15) is 17.2 Å². The van der Waals surface area contributed by atoms with E-state index in [2.05, 4.69) is 4.98 Å².